The SMILES string of the molecule is CC(CC(CCC(C(=O)O)C(C)C(=O)O)Oc1ccc2ccccc2c1N=Nc1ccc(N=Nc2ccccc2)cc1)C(=O)O. The molecule has 4 aromatic rings. The fraction of sp³-hybridized carbons (Fsp3) is 0.265. The number of carbonyl (C=O) groups is 3. The van der Waals surface area contributed by atoms with E-state index in [0.717, 1.165) is 16.5 Å². The van der Waals surface area contributed by atoms with Crippen LogP contribution in [0.3, 0.4) is 0 Å². The van der Waals surface area contributed by atoms with Crippen LogP contribution in [0.4, 0.5) is 22.7 Å². The molecule has 0 aliphatic carbocycles. The van der Waals surface area contributed by atoms with Crippen LogP contribution in [0.1, 0.15) is 33.1 Å². The molecular weight excluding hydrogens is 576 g/mol. The summed E-state index contributed by atoms with van der Waals surface area (Å²) < 4.78 is 6.34. The van der Waals surface area contributed by atoms with Crippen LogP contribution in [-0.4, -0.2) is 39.3 Å². The highest BCUT2D eigenvalue weighted by atomic mass is 16.5. The molecule has 4 aromatic carbocycles. The van der Waals surface area contributed by atoms with Gasteiger partial charge in [0, 0.05) is 5.39 Å². The summed E-state index contributed by atoms with van der Waals surface area (Å²) in [7, 11) is 0. The van der Waals surface area contributed by atoms with Crippen molar-refractivity contribution in [3.63, 3.8) is 0 Å². The van der Waals surface area contributed by atoms with Crippen LogP contribution in [0, 0.1) is 17.8 Å². The van der Waals surface area contributed by atoms with Gasteiger partial charge in [0.15, 0.2) is 0 Å². The molecular formula is C34H34N4O7. The molecule has 3 N–H and O–H groups in total. The van der Waals surface area contributed by atoms with Gasteiger partial charge < -0.3 is 20.1 Å². The minimum atomic E-state index is -1.23. The van der Waals surface area contributed by atoms with Gasteiger partial charge in [-0.3, -0.25) is 14.4 Å². The Labute approximate surface area is 259 Å². The number of benzene rings is 4. The van der Waals surface area contributed by atoms with Gasteiger partial charge in [-0.1, -0.05) is 62.4 Å². The van der Waals surface area contributed by atoms with Gasteiger partial charge in [-0.25, -0.2) is 0 Å². The number of aliphatic carboxylic acids is 3. The average molecular weight is 611 g/mol. The van der Waals surface area contributed by atoms with Crippen LogP contribution in [-0.2, 0) is 14.4 Å². The highest BCUT2D eigenvalue weighted by molar-refractivity contribution is 5.95. The van der Waals surface area contributed by atoms with Gasteiger partial charge in [0.05, 0.1) is 40.9 Å². The molecule has 232 valence electrons. The topological polar surface area (TPSA) is 171 Å². The van der Waals surface area contributed by atoms with Crippen molar-refractivity contribution in [2.75, 3.05) is 0 Å². The summed E-state index contributed by atoms with van der Waals surface area (Å²) in [6.07, 6.45) is -0.554. The van der Waals surface area contributed by atoms with Crippen molar-refractivity contribution in [1.82, 2.24) is 0 Å². The first-order chi connectivity index (χ1) is 21.6. The van der Waals surface area contributed by atoms with Crippen molar-refractivity contribution in [2.24, 2.45) is 38.2 Å². The largest absolute Gasteiger partial charge is 0.488 e. The predicted octanol–water partition coefficient (Wildman–Crippen LogP) is 8.73. The lowest BCUT2D eigenvalue weighted by Gasteiger charge is -2.24. The Kier molecular flexibility index (Phi) is 11.1. The summed E-state index contributed by atoms with van der Waals surface area (Å²) in [6, 6.07) is 27.5. The number of hydrogen-bond acceptors (Lipinski definition) is 8. The third-order valence-corrected chi connectivity index (χ3v) is 7.46. The van der Waals surface area contributed by atoms with E-state index in [1.54, 1.807) is 30.3 Å². The van der Waals surface area contributed by atoms with Crippen LogP contribution in [0.25, 0.3) is 10.8 Å². The Hall–Kier alpha value is -5.45. The zero-order valence-electron chi connectivity index (χ0n) is 24.9. The summed E-state index contributed by atoms with van der Waals surface area (Å²) in [5.74, 6) is -6.23. The van der Waals surface area contributed by atoms with Crippen LogP contribution >= 0.6 is 0 Å². The highest BCUT2D eigenvalue weighted by Crippen LogP contribution is 2.39. The molecule has 0 radical (unpaired) electrons. The molecule has 0 aliphatic rings. The van der Waals surface area contributed by atoms with E-state index in [1.165, 1.54) is 13.8 Å². The Morgan fingerprint density at radius 3 is 1.82 bits per heavy atom. The van der Waals surface area contributed by atoms with Crippen molar-refractivity contribution in [1.29, 1.82) is 0 Å². The van der Waals surface area contributed by atoms with Gasteiger partial charge in [-0.15, -0.1) is 5.11 Å². The Morgan fingerprint density at radius 2 is 1.22 bits per heavy atom. The zero-order chi connectivity index (χ0) is 32.3. The molecule has 0 spiro atoms. The molecule has 0 heterocycles. The first-order valence-electron chi connectivity index (χ1n) is 14.5. The number of carboxylic acids is 3. The lowest BCUT2D eigenvalue weighted by molar-refractivity contribution is -0.153. The molecule has 4 unspecified atom stereocenters. The summed E-state index contributed by atoms with van der Waals surface area (Å²) in [6.45, 7) is 2.88. The molecule has 0 bridgehead atoms. The first kappa shape index (κ1) is 32.5. The second kappa shape index (κ2) is 15.3. The number of rotatable bonds is 15. The molecule has 0 saturated carbocycles. The third-order valence-electron chi connectivity index (χ3n) is 7.46. The summed E-state index contributed by atoms with van der Waals surface area (Å²) in [5, 5.41) is 47.7. The Morgan fingerprint density at radius 1 is 0.644 bits per heavy atom. The average Bonchev–Trinajstić information content (AvgIpc) is 3.03. The molecule has 0 aromatic heterocycles. The van der Waals surface area contributed by atoms with Gasteiger partial charge in [0.25, 0.3) is 0 Å². The quantitative estimate of drug-likeness (QED) is 0.113. The minimum Gasteiger partial charge on any atom is -0.488 e. The zero-order valence-corrected chi connectivity index (χ0v) is 24.9. The maximum Gasteiger partial charge on any atom is 0.307 e. The highest BCUT2D eigenvalue weighted by Gasteiger charge is 2.31. The molecule has 0 amide bonds. The third kappa shape index (κ3) is 9.02. The number of nitrogens with zero attached hydrogens (tertiary/aromatic N) is 4. The molecule has 11 heteroatoms. The van der Waals surface area contributed by atoms with Crippen molar-refractivity contribution < 1.29 is 34.4 Å². The number of ether oxygens (including phenoxy) is 1. The monoisotopic (exact) mass is 610 g/mol. The van der Waals surface area contributed by atoms with Crippen molar-refractivity contribution in [3.8, 4) is 5.75 Å². The molecule has 0 saturated heterocycles. The van der Waals surface area contributed by atoms with Gasteiger partial charge in [-0.2, -0.15) is 15.3 Å². The maximum atomic E-state index is 11.9. The van der Waals surface area contributed by atoms with Gasteiger partial charge >= 0.3 is 17.9 Å². The lowest BCUT2D eigenvalue weighted by atomic mass is 9.87. The van der Waals surface area contributed by atoms with Crippen LogP contribution in [0.5, 0.6) is 5.75 Å². The maximum absolute atomic E-state index is 11.9. The van der Waals surface area contributed by atoms with Crippen LogP contribution in [0.15, 0.2) is 111 Å². The Balaban J connectivity index is 1.61. The minimum absolute atomic E-state index is 0.0157. The number of azo groups is 2. The van der Waals surface area contributed by atoms with E-state index in [2.05, 4.69) is 20.5 Å². The van der Waals surface area contributed by atoms with E-state index in [4.69, 9.17) is 4.74 Å². The van der Waals surface area contributed by atoms with Crippen molar-refractivity contribution >= 4 is 51.4 Å². The molecule has 0 aliphatic heterocycles. The fourth-order valence-electron chi connectivity index (χ4n) is 4.76. The fourth-order valence-corrected chi connectivity index (χ4v) is 4.76. The van der Waals surface area contributed by atoms with Crippen LogP contribution in [0.2, 0.25) is 0 Å². The number of fused-ring (bicyclic) bond motifs is 1. The summed E-state index contributed by atoms with van der Waals surface area (Å²) >= 11 is 0. The molecule has 4 atom stereocenters. The van der Waals surface area contributed by atoms with Crippen molar-refractivity contribution in [2.45, 2.75) is 39.2 Å². The standard InChI is InChI=1S/C34H34N4O7/c1-21(32(39)40)20-27(17-18-28(34(43)44)22(2)33(41)42)45-30-19-12-23-8-6-7-11-29(23)31(30)38-37-26-15-13-25(14-16-26)36-35-24-9-4-3-5-10-24/h3-16,19,21-22,27-28H,17-18,20H2,1-2H3,(H,39,40)(H,41,42)(H,43,44). The van der Waals surface area contributed by atoms with E-state index in [1.807, 2.05) is 60.7 Å². The smallest absolute Gasteiger partial charge is 0.307 e. The van der Waals surface area contributed by atoms with E-state index in [0.29, 0.717) is 22.8 Å². The van der Waals surface area contributed by atoms with E-state index < -0.39 is 41.8 Å². The van der Waals surface area contributed by atoms with E-state index >= 15 is 0 Å². The normalized spacial score (nSPS) is 14.3. The van der Waals surface area contributed by atoms with Gasteiger partial charge in [0.1, 0.15) is 11.4 Å². The number of carboxylic acid groups (broad SMARTS) is 3. The molecule has 0 fully saturated rings. The summed E-state index contributed by atoms with van der Waals surface area (Å²) in [4.78, 5) is 35.1. The Bertz CT molecular complexity index is 1690. The molecule has 45 heavy (non-hydrogen) atoms. The summed E-state index contributed by atoms with van der Waals surface area (Å²) in [5.41, 5.74) is 2.34. The number of hydrogen-bond donors (Lipinski definition) is 3. The molecule has 11 nitrogen and oxygen atoms in total. The first-order valence-corrected chi connectivity index (χ1v) is 14.5. The van der Waals surface area contributed by atoms with Gasteiger partial charge in [0.2, 0.25) is 0 Å². The lowest BCUT2D eigenvalue weighted by Crippen LogP contribution is -2.30. The molecule has 4 rings (SSSR count). The van der Waals surface area contributed by atoms with E-state index in [9.17, 15) is 29.7 Å². The predicted molar refractivity (Wildman–Crippen MR) is 168 cm³/mol. The van der Waals surface area contributed by atoms with Crippen molar-refractivity contribution in [3.05, 3.63) is 91.0 Å². The van der Waals surface area contributed by atoms with Crippen LogP contribution < -0.4 is 4.74 Å². The van der Waals surface area contributed by atoms with E-state index in [-0.39, 0.29) is 19.3 Å². The van der Waals surface area contributed by atoms with Gasteiger partial charge in [-0.05, 0) is 67.1 Å². The second-order valence-corrected chi connectivity index (χ2v) is 10.7. The second-order valence-electron chi connectivity index (χ2n) is 10.7.